The Balaban J connectivity index is 1.97. The first-order valence-electron chi connectivity index (χ1n) is 10.1. The van der Waals surface area contributed by atoms with Crippen LogP contribution in [-0.4, -0.2) is 16.4 Å². The van der Waals surface area contributed by atoms with Crippen molar-refractivity contribution in [2.24, 2.45) is 9.98 Å². The van der Waals surface area contributed by atoms with Crippen molar-refractivity contribution in [3.05, 3.63) is 88.7 Å². The molecule has 148 valence electrons. The van der Waals surface area contributed by atoms with E-state index in [1.54, 1.807) is 0 Å². The highest BCUT2D eigenvalue weighted by Crippen LogP contribution is 2.27. The van der Waals surface area contributed by atoms with E-state index in [-0.39, 0.29) is 0 Å². The molecule has 3 heteroatoms. The summed E-state index contributed by atoms with van der Waals surface area (Å²) in [7, 11) is 0. The molecule has 0 radical (unpaired) electrons. The summed E-state index contributed by atoms with van der Waals surface area (Å²) in [5, 5.41) is 0. The molecule has 0 aliphatic carbocycles. The fourth-order valence-electron chi connectivity index (χ4n) is 3.36. The zero-order valence-electron chi connectivity index (χ0n) is 18.2. The first kappa shape index (κ1) is 20.7. The van der Waals surface area contributed by atoms with Crippen LogP contribution in [0.1, 0.15) is 61.7 Å². The lowest BCUT2D eigenvalue weighted by atomic mass is 10.0. The van der Waals surface area contributed by atoms with Gasteiger partial charge in [-0.15, -0.1) is 0 Å². The van der Waals surface area contributed by atoms with Gasteiger partial charge in [0, 0.05) is 0 Å². The molecule has 1 aromatic heterocycles. The van der Waals surface area contributed by atoms with Crippen molar-refractivity contribution >= 4 is 22.8 Å². The van der Waals surface area contributed by atoms with Gasteiger partial charge in [0.05, 0.1) is 34.2 Å². The second-order valence-corrected chi connectivity index (χ2v) is 7.76. The third-order valence-electron chi connectivity index (χ3n) is 5.06. The lowest BCUT2D eigenvalue weighted by Gasteiger charge is -2.10. The van der Waals surface area contributed by atoms with Gasteiger partial charge in [-0.1, -0.05) is 56.3 Å². The molecule has 2 aromatic carbocycles. The van der Waals surface area contributed by atoms with E-state index in [1.807, 2.05) is 38.1 Å². The predicted octanol–water partition coefficient (Wildman–Crippen LogP) is 7.10. The number of rotatable bonds is 5. The standard InChI is InChI=1S/C26H29N3/c1-17(2)22-13-7-8-14-25(22)27-20(5)23-15-10-16-24(29-23)21(6)28-26-18(3)11-9-12-19(26)4/h7-17H,1-6H3/b27-20+,28-21-. The van der Waals surface area contributed by atoms with E-state index in [9.17, 15) is 0 Å². The minimum atomic E-state index is 0.425. The lowest BCUT2D eigenvalue weighted by Crippen LogP contribution is -2.05. The molecule has 0 fully saturated rings. The molecule has 3 aromatic rings. The molecule has 0 saturated carbocycles. The van der Waals surface area contributed by atoms with E-state index < -0.39 is 0 Å². The van der Waals surface area contributed by atoms with Crippen molar-refractivity contribution in [3.63, 3.8) is 0 Å². The van der Waals surface area contributed by atoms with Gasteiger partial charge in [0.25, 0.3) is 0 Å². The number of hydrogen-bond donors (Lipinski definition) is 0. The van der Waals surface area contributed by atoms with Gasteiger partial charge in [-0.05, 0) is 68.5 Å². The van der Waals surface area contributed by atoms with Crippen LogP contribution < -0.4 is 0 Å². The maximum Gasteiger partial charge on any atom is 0.0849 e. The number of benzene rings is 2. The Morgan fingerprint density at radius 1 is 0.724 bits per heavy atom. The first-order chi connectivity index (χ1) is 13.9. The Hall–Kier alpha value is -3.07. The molecule has 1 heterocycles. The SMILES string of the molecule is C/C(=N/c1c(C)cccc1C)c1cccc(/C(C)=N/c2ccccc2C(C)C)n1. The quantitative estimate of drug-likeness (QED) is 0.433. The van der Waals surface area contributed by atoms with E-state index in [0.717, 1.165) is 34.2 Å². The third-order valence-corrected chi connectivity index (χ3v) is 5.06. The Morgan fingerprint density at radius 2 is 1.28 bits per heavy atom. The number of nitrogens with zero attached hydrogens (tertiary/aromatic N) is 3. The summed E-state index contributed by atoms with van der Waals surface area (Å²) in [4.78, 5) is 14.6. The van der Waals surface area contributed by atoms with Gasteiger partial charge in [0.2, 0.25) is 0 Å². The number of pyridine rings is 1. The van der Waals surface area contributed by atoms with E-state index in [1.165, 1.54) is 16.7 Å². The molecule has 0 aliphatic heterocycles. The maximum absolute atomic E-state index is 4.88. The van der Waals surface area contributed by atoms with Crippen LogP contribution in [0.2, 0.25) is 0 Å². The van der Waals surface area contributed by atoms with Gasteiger partial charge < -0.3 is 0 Å². The zero-order valence-corrected chi connectivity index (χ0v) is 18.2. The summed E-state index contributed by atoms with van der Waals surface area (Å²) in [6.45, 7) is 12.6. The molecule has 29 heavy (non-hydrogen) atoms. The van der Waals surface area contributed by atoms with Crippen molar-refractivity contribution in [2.75, 3.05) is 0 Å². The van der Waals surface area contributed by atoms with Crippen LogP contribution >= 0.6 is 0 Å². The van der Waals surface area contributed by atoms with Gasteiger partial charge in [-0.3, -0.25) is 9.98 Å². The van der Waals surface area contributed by atoms with E-state index in [4.69, 9.17) is 15.0 Å². The van der Waals surface area contributed by atoms with Crippen LogP contribution in [0.5, 0.6) is 0 Å². The monoisotopic (exact) mass is 383 g/mol. The van der Waals surface area contributed by atoms with Crippen molar-refractivity contribution in [1.82, 2.24) is 4.98 Å². The van der Waals surface area contributed by atoms with Crippen LogP contribution in [0.4, 0.5) is 11.4 Å². The van der Waals surface area contributed by atoms with E-state index >= 15 is 0 Å². The molecule has 0 N–H and O–H groups in total. The first-order valence-corrected chi connectivity index (χ1v) is 10.1. The number of aliphatic imine (C=N–C) groups is 2. The molecule has 3 rings (SSSR count). The van der Waals surface area contributed by atoms with Crippen molar-refractivity contribution in [2.45, 2.75) is 47.5 Å². The number of aromatic nitrogens is 1. The Bertz CT molecular complexity index is 1050. The van der Waals surface area contributed by atoms with Crippen LogP contribution in [0.15, 0.2) is 70.6 Å². The summed E-state index contributed by atoms with van der Waals surface area (Å²) in [6, 6.07) is 20.6. The number of para-hydroxylation sites is 2. The second-order valence-electron chi connectivity index (χ2n) is 7.76. The summed E-state index contributed by atoms with van der Waals surface area (Å²) in [5.74, 6) is 0.425. The minimum absolute atomic E-state index is 0.425. The molecule has 3 nitrogen and oxygen atoms in total. The van der Waals surface area contributed by atoms with Gasteiger partial charge >= 0.3 is 0 Å². The molecule has 0 bridgehead atoms. The van der Waals surface area contributed by atoms with E-state index in [0.29, 0.717) is 5.92 Å². The average molecular weight is 384 g/mol. The topological polar surface area (TPSA) is 37.6 Å². The van der Waals surface area contributed by atoms with Crippen LogP contribution in [0.3, 0.4) is 0 Å². The average Bonchev–Trinajstić information content (AvgIpc) is 2.71. The molecule has 0 aliphatic rings. The molecule has 0 unspecified atom stereocenters. The van der Waals surface area contributed by atoms with Crippen molar-refractivity contribution in [3.8, 4) is 0 Å². The third kappa shape index (κ3) is 4.86. The van der Waals surface area contributed by atoms with Gasteiger partial charge in [0.15, 0.2) is 0 Å². The normalized spacial score (nSPS) is 12.5. The Morgan fingerprint density at radius 3 is 1.90 bits per heavy atom. The predicted molar refractivity (Wildman–Crippen MR) is 124 cm³/mol. The van der Waals surface area contributed by atoms with Crippen LogP contribution in [0.25, 0.3) is 0 Å². The zero-order chi connectivity index (χ0) is 21.0. The van der Waals surface area contributed by atoms with Crippen molar-refractivity contribution < 1.29 is 0 Å². The highest BCUT2D eigenvalue weighted by molar-refractivity contribution is 6.02. The molecular formula is C26H29N3. The molecule has 0 atom stereocenters. The van der Waals surface area contributed by atoms with Crippen LogP contribution in [0, 0.1) is 13.8 Å². The number of aryl methyl sites for hydroxylation is 2. The van der Waals surface area contributed by atoms with Gasteiger partial charge in [-0.2, -0.15) is 0 Å². The van der Waals surface area contributed by atoms with Gasteiger partial charge in [0.1, 0.15) is 0 Å². The molecule has 0 amide bonds. The summed E-state index contributed by atoms with van der Waals surface area (Å²) >= 11 is 0. The second kappa shape index (κ2) is 8.95. The molecule has 0 spiro atoms. The highest BCUT2D eigenvalue weighted by Gasteiger charge is 2.09. The van der Waals surface area contributed by atoms with E-state index in [2.05, 4.69) is 64.1 Å². The fourth-order valence-corrected chi connectivity index (χ4v) is 3.36. The summed E-state index contributed by atoms with van der Waals surface area (Å²) in [5.41, 5.74) is 9.16. The summed E-state index contributed by atoms with van der Waals surface area (Å²) in [6.07, 6.45) is 0. The van der Waals surface area contributed by atoms with Crippen molar-refractivity contribution in [1.29, 1.82) is 0 Å². The number of hydrogen-bond acceptors (Lipinski definition) is 3. The Kier molecular flexibility index (Phi) is 6.38. The fraction of sp³-hybridized carbons (Fsp3) is 0.269. The molecule has 0 saturated heterocycles. The maximum atomic E-state index is 4.88. The highest BCUT2D eigenvalue weighted by atomic mass is 14.8. The largest absolute Gasteiger partial charge is 0.251 e. The molecular weight excluding hydrogens is 354 g/mol. The van der Waals surface area contributed by atoms with Crippen LogP contribution in [-0.2, 0) is 0 Å². The Labute approximate surface area is 174 Å². The smallest absolute Gasteiger partial charge is 0.0849 e. The lowest BCUT2D eigenvalue weighted by molar-refractivity contribution is 0.867. The minimum Gasteiger partial charge on any atom is -0.251 e. The van der Waals surface area contributed by atoms with Gasteiger partial charge in [-0.25, -0.2) is 4.98 Å². The summed E-state index contributed by atoms with van der Waals surface area (Å²) < 4.78 is 0.